The molecule has 1 aliphatic rings. The number of anilines is 1. The number of nitrogens with one attached hydrogen (secondary N) is 1. The molecule has 0 saturated carbocycles. The van der Waals surface area contributed by atoms with Crippen LogP contribution in [0.25, 0.3) is 0 Å². The molecule has 1 aromatic heterocycles. The van der Waals surface area contributed by atoms with Gasteiger partial charge < -0.3 is 10.2 Å². The fourth-order valence-corrected chi connectivity index (χ4v) is 3.89. The molecule has 0 bridgehead atoms. The van der Waals surface area contributed by atoms with Crippen LogP contribution in [0.4, 0.5) is 10.1 Å². The summed E-state index contributed by atoms with van der Waals surface area (Å²) in [6.07, 6.45) is 4.15. The van der Waals surface area contributed by atoms with Crippen LogP contribution in [0.15, 0.2) is 24.3 Å². The summed E-state index contributed by atoms with van der Waals surface area (Å²) in [5, 5.41) is 11.6. The molecule has 1 atom stereocenters. The van der Waals surface area contributed by atoms with Crippen molar-refractivity contribution in [1.29, 1.82) is 0 Å². The maximum Gasteiger partial charge on any atom is 0.286 e. The number of unbranched alkanes of at least 4 members (excludes halogenated alkanes) is 1. The summed E-state index contributed by atoms with van der Waals surface area (Å²) in [5.41, 5.74) is 0.365. The second kappa shape index (κ2) is 8.35. The molecule has 1 N–H and O–H groups in total. The minimum Gasteiger partial charge on any atom is -0.333 e. The molecular formula is C18H21FN4O2S. The third-order valence-corrected chi connectivity index (χ3v) is 5.34. The Morgan fingerprint density at radius 1 is 1.38 bits per heavy atom. The van der Waals surface area contributed by atoms with E-state index in [1.165, 1.54) is 29.5 Å². The topological polar surface area (TPSA) is 75.2 Å². The first-order valence-corrected chi connectivity index (χ1v) is 9.60. The molecule has 138 valence electrons. The Balaban J connectivity index is 1.68. The van der Waals surface area contributed by atoms with Gasteiger partial charge in [0.15, 0.2) is 0 Å². The summed E-state index contributed by atoms with van der Waals surface area (Å²) in [6, 6.07) is 5.57. The lowest BCUT2D eigenvalue weighted by atomic mass is 10.2. The van der Waals surface area contributed by atoms with Crippen molar-refractivity contribution in [2.45, 2.75) is 45.1 Å². The second-order valence-corrected chi connectivity index (χ2v) is 7.27. The fourth-order valence-electron chi connectivity index (χ4n) is 3.01. The third-order valence-electron chi connectivity index (χ3n) is 4.32. The van der Waals surface area contributed by atoms with Crippen molar-refractivity contribution in [3.05, 3.63) is 40.1 Å². The molecule has 1 fully saturated rings. The highest BCUT2D eigenvalue weighted by atomic mass is 32.1. The summed E-state index contributed by atoms with van der Waals surface area (Å²) in [7, 11) is 0. The minimum atomic E-state index is -0.429. The van der Waals surface area contributed by atoms with E-state index in [1.54, 1.807) is 6.07 Å². The van der Waals surface area contributed by atoms with Gasteiger partial charge in [0.05, 0.1) is 6.04 Å². The molecule has 0 aliphatic carbocycles. The molecule has 6 nitrogen and oxygen atoms in total. The first-order valence-electron chi connectivity index (χ1n) is 8.78. The molecule has 0 spiro atoms. The number of nitrogens with zero attached hydrogens (tertiary/aromatic N) is 3. The maximum absolute atomic E-state index is 13.2. The Labute approximate surface area is 155 Å². The highest BCUT2D eigenvalue weighted by Crippen LogP contribution is 2.34. The summed E-state index contributed by atoms with van der Waals surface area (Å²) < 4.78 is 13.2. The summed E-state index contributed by atoms with van der Waals surface area (Å²) in [5.74, 6) is -0.718. The fraction of sp³-hybridized carbons (Fsp3) is 0.444. The molecule has 3 rings (SSSR count). The number of aromatic nitrogens is 2. The van der Waals surface area contributed by atoms with Gasteiger partial charge in [0.1, 0.15) is 10.8 Å². The molecule has 2 heterocycles. The normalized spacial score (nSPS) is 16.7. The van der Waals surface area contributed by atoms with Gasteiger partial charge in [-0.3, -0.25) is 9.59 Å². The number of hydrogen-bond donors (Lipinski definition) is 1. The SMILES string of the molecule is CCCCC(=O)N1CCCC1c1nnc(C(=O)Nc2cccc(F)c2)s1. The molecule has 1 saturated heterocycles. The third kappa shape index (κ3) is 4.24. The van der Waals surface area contributed by atoms with Crippen LogP contribution < -0.4 is 5.32 Å². The lowest BCUT2D eigenvalue weighted by Crippen LogP contribution is -2.30. The zero-order chi connectivity index (χ0) is 18.5. The highest BCUT2D eigenvalue weighted by molar-refractivity contribution is 7.13. The van der Waals surface area contributed by atoms with Crippen LogP contribution in [0.3, 0.4) is 0 Å². The summed E-state index contributed by atoms with van der Waals surface area (Å²) in [6.45, 7) is 2.78. The lowest BCUT2D eigenvalue weighted by molar-refractivity contribution is -0.132. The number of benzene rings is 1. The second-order valence-electron chi connectivity index (χ2n) is 6.26. The van der Waals surface area contributed by atoms with Crippen LogP contribution in [-0.2, 0) is 4.79 Å². The van der Waals surface area contributed by atoms with Crippen molar-refractivity contribution in [2.24, 2.45) is 0 Å². The minimum absolute atomic E-state index is 0.104. The van der Waals surface area contributed by atoms with Gasteiger partial charge in [-0.2, -0.15) is 0 Å². The Hall–Kier alpha value is -2.35. The van der Waals surface area contributed by atoms with E-state index in [0.29, 0.717) is 17.1 Å². The van der Waals surface area contributed by atoms with E-state index in [0.717, 1.165) is 32.2 Å². The summed E-state index contributed by atoms with van der Waals surface area (Å²) in [4.78, 5) is 26.5. The van der Waals surface area contributed by atoms with Crippen LogP contribution >= 0.6 is 11.3 Å². The van der Waals surface area contributed by atoms with Crippen molar-refractivity contribution < 1.29 is 14.0 Å². The van der Waals surface area contributed by atoms with Crippen LogP contribution in [-0.4, -0.2) is 33.5 Å². The Morgan fingerprint density at radius 2 is 2.23 bits per heavy atom. The van der Waals surface area contributed by atoms with E-state index in [-0.39, 0.29) is 17.0 Å². The Morgan fingerprint density at radius 3 is 3.00 bits per heavy atom. The largest absolute Gasteiger partial charge is 0.333 e. The molecule has 8 heteroatoms. The van der Waals surface area contributed by atoms with E-state index in [9.17, 15) is 14.0 Å². The standard InChI is InChI=1S/C18H21FN4O2S/c1-2-3-9-15(24)23-10-5-8-14(23)17-21-22-18(26-17)16(25)20-13-7-4-6-12(19)11-13/h4,6-7,11,14H,2-3,5,8-10H2,1H3,(H,20,25). The number of carbonyl (C=O) groups is 2. The average Bonchev–Trinajstić information content (AvgIpc) is 3.28. The van der Waals surface area contributed by atoms with Crippen LogP contribution in [0.5, 0.6) is 0 Å². The molecule has 1 unspecified atom stereocenters. The number of rotatable bonds is 6. The van der Waals surface area contributed by atoms with Gasteiger partial charge in [0.25, 0.3) is 5.91 Å². The van der Waals surface area contributed by atoms with Crippen molar-refractivity contribution >= 4 is 28.8 Å². The van der Waals surface area contributed by atoms with Gasteiger partial charge in [-0.1, -0.05) is 30.7 Å². The quantitative estimate of drug-likeness (QED) is 0.832. The average molecular weight is 376 g/mol. The van der Waals surface area contributed by atoms with Gasteiger partial charge in [0.2, 0.25) is 10.9 Å². The van der Waals surface area contributed by atoms with Crippen LogP contribution in [0, 0.1) is 5.82 Å². The van der Waals surface area contributed by atoms with E-state index in [4.69, 9.17) is 0 Å². The van der Waals surface area contributed by atoms with Crippen LogP contribution in [0.1, 0.15) is 59.9 Å². The maximum atomic E-state index is 13.2. The number of likely N-dealkylation sites (tertiary alicyclic amines) is 1. The predicted molar refractivity (Wildman–Crippen MR) is 97.5 cm³/mol. The molecular weight excluding hydrogens is 355 g/mol. The van der Waals surface area contributed by atoms with Crippen molar-refractivity contribution in [2.75, 3.05) is 11.9 Å². The predicted octanol–water partition coefficient (Wildman–Crippen LogP) is 3.78. The lowest BCUT2D eigenvalue weighted by Gasteiger charge is -2.22. The van der Waals surface area contributed by atoms with Gasteiger partial charge in [-0.05, 0) is 37.5 Å². The number of amides is 2. The molecule has 1 aromatic carbocycles. The smallest absolute Gasteiger partial charge is 0.286 e. The highest BCUT2D eigenvalue weighted by Gasteiger charge is 2.32. The van der Waals surface area contributed by atoms with E-state index >= 15 is 0 Å². The summed E-state index contributed by atoms with van der Waals surface area (Å²) >= 11 is 1.18. The van der Waals surface area contributed by atoms with Gasteiger partial charge in [0, 0.05) is 18.7 Å². The van der Waals surface area contributed by atoms with Gasteiger partial charge in [-0.25, -0.2) is 4.39 Å². The zero-order valence-electron chi connectivity index (χ0n) is 14.6. The van der Waals surface area contributed by atoms with Crippen molar-refractivity contribution in [3.8, 4) is 0 Å². The number of halogens is 1. The number of hydrogen-bond acceptors (Lipinski definition) is 5. The van der Waals surface area contributed by atoms with E-state index < -0.39 is 11.7 Å². The molecule has 0 radical (unpaired) electrons. The monoisotopic (exact) mass is 376 g/mol. The molecule has 1 aliphatic heterocycles. The zero-order valence-corrected chi connectivity index (χ0v) is 15.4. The van der Waals surface area contributed by atoms with Crippen molar-refractivity contribution in [1.82, 2.24) is 15.1 Å². The Bertz CT molecular complexity index is 795. The number of carbonyl (C=O) groups excluding carboxylic acids is 2. The van der Waals surface area contributed by atoms with E-state index in [2.05, 4.69) is 22.4 Å². The first-order chi connectivity index (χ1) is 12.6. The van der Waals surface area contributed by atoms with Gasteiger partial charge >= 0.3 is 0 Å². The van der Waals surface area contributed by atoms with Gasteiger partial charge in [-0.15, -0.1) is 10.2 Å². The molecule has 2 amide bonds. The first kappa shape index (κ1) is 18.4. The molecule has 2 aromatic rings. The van der Waals surface area contributed by atoms with Crippen LogP contribution in [0.2, 0.25) is 0 Å². The van der Waals surface area contributed by atoms with Crippen molar-refractivity contribution in [3.63, 3.8) is 0 Å². The van der Waals surface area contributed by atoms with E-state index in [1.807, 2.05) is 4.90 Å². The Kier molecular flexibility index (Phi) is 5.92. The molecule has 26 heavy (non-hydrogen) atoms.